The largest absolute Gasteiger partial charge is 0.444 e. The van der Waals surface area contributed by atoms with Crippen LogP contribution in [0, 0.1) is 6.92 Å². The highest BCUT2D eigenvalue weighted by Gasteiger charge is 2.32. The number of benzene rings is 2. The summed E-state index contributed by atoms with van der Waals surface area (Å²) in [6.07, 6.45) is -0.237. The molecule has 0 radical (unpaired) electrons. The SMILES string of the molecule is Cc1ccc(C2CNCCN2C(=O)OC(C)(C)C)c2ccccc12. The Morgan fingerprint density at radius 2 is 1.88 bits per heavy atom. The summed E-state index contributed by atoms with van der Waals surface area (Å²) in [6.45, 7) is 10.0. The fourth-order valence-corrected chi connectivity index (χ4v) is 3.28. The molecular formula is C20H26N2O2. The highest BCUT2D eigenvalue weighted by molar-refractivity contribution is 5.89. The van der Waals surface area contributed by atoms with Crippen molar-refractivity contribution in [2.75, 3.05) is 19.6 Å². The van der Waals surface area contributed by atoms with E-state index < -0.39 is 5.60 Å². The van der Waals surface area contributed by atoms with Crippen molar-refractivity contribution in [2.24, 2.45) is 0 Å². The van der Waals surface area contributed by atoms with Gasteiger partial charge in [0, 0.05) is 19.6 Å². The van der Waals surface area contributed by atoms with Gasteiger partial charge in [0.15, 0.2) is 0 Å². The summed E-state index contributed by atoms with van der Waals surface area (Å²) in [4.78, 5) is 14.5. The summed E-state index contributed by atoms with van der Waals surface area (Å²) >= 11 is 0. The number of ether oxygens (including phenoxy) is 1. The van der Waals surface area contributed by atoms with E-state index in [2.05, 4.69) is 48.6 Å². The van der Waals surface area contributed by atoms with Crippen molar-refractivity contribution in [2.45, 2.75) is 39.3 Å². The third-order valence-corrected chi connectivity index (χ3v) is 4.41. The summed E-state index contributed by atoms with van der Waals surface area (Å²) < 4.78 is 5.62. The first kappa shape index (κ1) is 16.8. The molecular weight excluding hydrogens is 300 g/mol. The van der Waals surface area contributed by atoms with E-state index in [0.29, 0.717) is 6.54 Å². The third-order valence-electron chi connectivity index (χ3n) is 4.41. The first-order valence-corrected chi connectivity index (χ1v) is 8.55. The lowest BCUT2D eigenvalue weighted by Gasteiger charge is -2.38. The number of aryl methyl sites for hydroxylation is 1. The highest BCUT2D eigenvalue weighted by Crippen LogP contribution is 2.31. The van der Waals surface area contributed by atoms with Gasteiger partial charge in [-0.2, -0.15) is 0 Å². The molecule has 4 nitrogen and oxygen atoms in total. The van der Waals surface area contributed by atoms with Gasteiger partial charge in [-0.15, -0.1) is 0 Å². The lowest BCUT2D eigenvalue weighted by molar-refractivity contribution is 0.0119. The van der Waals surface area contributed by atoms with Gasteiger partial charge >= 0.3 is 6.09 Å². The monoisotopic (exact) mass is 326 g/mol. The Kier molecular flexibility index (Phi) is 4.50. The predicted octanol–water partition coefficient (Wildman–Crippen LogP) is 4.03. The molecule has 1 saturated heterocycles. The molecule has 1 unspecified atom stereocenters. The predicted molar refractivity (Wildman–Crippen MR) is 97.2 cm³/mol. The van der Waals surface area contributed by atoms with E-state index in [0.717, 1.165) is 13.1 Å². The molecule has 2 aromatic rings. The Morgan fingerprint density at radius 1 is 1.17 bits per heavy atom. The molecule has 1 fully saturated rings. The fourth-order valence-electron chi connectivity index (χ4n) is 3.28. The van der Waals surface area contributed by atoms with Crippen LogP contribution in [-0.2, 0) is 4.74 Å². The van der Waals surface area contributed by atoms with Gasteiger partial charge in [0.25, 0.3) is 0 Å². The van der Waals surface area contributed by atoms with E-state index in [1.54, 1.807) is 0 Å². The maximum Gasteiger partial charge on any atom is 0.410 e. The van der Waals surface area contributed by atoms with Crippen LogP contribution in [0.2, 0.25) is 0 Å². The van der Waals surface area contributed by atoms with Gasteiger partial charge in [-0.05, 0) is 49.6 Å². The number of carbonyl (C=O) groups is 1. The molecule has 4 heteroatoms. The molecule has 0 saturated carbocycles. The highest BCUT2D eigenvalue weighted by atomic mass is 16.6. The van der Waals surface area contributed by atoms with Gasteiger partial charge in [-0.25, -0.2) is 4.79 Å². The van der Waals surface area contributed by atoms with E-state index >= 15 is 0 Å². The molecule has 2 aromatic carbocycles. The van der Waals surface area contributed by atoms with Crippen LogP contribution in [0.1, 0.15) is 37.9 Å². The number of rotatable bonds is 1. The summed E-state index contributed by atoms with van der Waals surface area (Å²) in [7, 11) is 0. The van der Waals surface area contributed by atoms with E-state index in [-0.39, 0.29) is 12.1 Å². The van der Waals surface area contributed by atoms with E-state index in [1.807, 2.05) is 25.7 Å². The van der Waals surface area contributed by atoms with Gasteiger partial charge in [0.1, 0.15) is 5.60 Å². The number of hydrogen-bond acceptors (Lipinski definition) is 3. The Morgan fingerprint density at radius 3 is 2.58 bits per heavy atom. The van der Waals surface area contributed by atoms with Crippen LogP contribution in [0.3, 0.4) is 0 Å². The molecule has 0 spiro atoms. The molecule has 24 heavy (non-hydrogen) atoms. The minimum absolute atomic E-state index is 0.0147. The number of fused-ring (bicyclic) bond motifs is 1. The molecule has 1 amide bonds. The van der Waals surface area contributed by atoms with Crippen molar-refractivity contribution in [1.82, 2.24) is 10.2 Å². The first-order valence-electron chi connectivity index (χ1n) is 8.55. The molecule has 1 heterocycles. The molecule has 0 aromatic heterocycles. The maximum atomic E-state index is 12.7. The van der Waals surface area contributed by atoms with Crippen LogP contribution in [-0.4, -0.2) is 36.2 Å². The molecule has 0 bridgehead atoms. The van der Waals surface area contributed by atoms with Crippen molar-refractivity contribution in [3.63, 3.8) is 0 Å². The van der Waals surface area contributed by atoms with Crippen LogP contribution in [0.15, 0.2) is 36.4 Å². The Hall–Kier alpha value is -2.07. The zero-order chi connectivity index (χ0) is 17.3. The average molecular weight is 326 g/mol. The number of piperazine rings is 1. The summed E-state index contributed by atoms with van der Waals surface area (Å²) in [6, 6.07) is 12.7. The zero-order valence-corrected chi connectivity index (χ0v) is 14.9. The number of nitrogens with zero attached hydrogens (tertiary/aromatic N) is 1. The third kappa shape index (κ3) is 3.39. The normalized spacial score (nSPS) is 18.7. The second-order valence-corrected chi connectivity index (χ2v) is 7.41. The fraction of sp³-hybridized carbons (Fsp3) is 0.450. The Labute approximate surface area is 143 Å². The zero-order valence-electron chi connectivity index (χ0n) is 14.9. The average Bonchev–Trinajstić information content (AvgIpc) is 2.54. The maximum absolute atomic E-state index is 12.7. The number of carbonyl (C=O) groups excluding carboxylic acids is 1. The van der Waals surface area contributed by atoms with Crippen molar-refractivity contribution >= 4 is 16.9 Å². The number of nitrogens with one attached hydrogen (secondary N) is 1. The van der Waals surface area contributed by atoms with E-state index in [4.69, 9.17) is 4.74 Å². The van der Waals surface area contributed by atoms with Gasteiger partial charge in [0.05, 0.1) is 6.04 Å². The van der Waals surface area contributed by atoms with Gasteiger partial charge in [-0.1, -0.05) is 36.4 Å². The quantitative estimate of drug-likeness (QED) is 0.860. The molecule has 0 aliphatic carbocycles. The van der Waals surface area contributed by atoms with Gasteiger partial charge < -0.3 is 10.1 Å². The van der Waals surface area contributed by atoms with Gasteiger partial charge in [-0.3, -0.25) is 4.90 Å². The van der Waals surface area contributed by atoms with Crippen molar-refractivity contribution in [1.29, 1.82) is 0 Å². The second-order valence-electron chi connectivity index (χ2n) is 7.41. The van der Waals surface area contributed by atoms with Crippen LogP contribution < -0.4 is 5.32 Å². The molecule has 3 rings (SSSR count). The number of amides is 1. The minimum atomic E-state index is -0.484. The van der Waals surface area contributed by atoms with Crippen LogP contribution >= 0.6 is 0 Å². The van der Waals surface area contributed by atoms with Crippen molar-refractivity contribution < 1.29 is 9.53 Å². The molecule has 1 aliphatic heterocycles. The number of hydrogen-bond donors (Lipinski definition) is 1. The molecule has 128 valence electrons. The summed E-state index contributed by atoms with van der Waals surface area (Å²) in [5.41, 5.74) is 1.94. The van der Waals surface area contributed by atoms with E-state index in [9.17, 15) is 4.79 Å². The smallest absolute Gasteiger partial charge is 0.410 e. The topological polar surface area (TPSA) is 41.6 Å². The van der Waals surface area contributed by atoms with Crippen molar-refractivity contribution in [3.8, 4) is 0 Å². The molecule has 1 aliphatic rings. The molecule has 1 atom stereocenters. The van der Waals surface area contributed by atoms with Crippen LogP contribution in [0.5, 0.6) is 0 Å². The van der Waals surface area contributed by atoms with E-state index in [1.165, 1.54) is 21.9 Å². The van der Waals surface area contributed by atoms with Crippen molar-refractivity contribution in [3.05, 3.63) is 47.5 Å². The summed E-state index contributed by atoms with van der Waals surface area (Å²) in [5.74, 6) is 0. The van der Waals surface area contributed by atoms with Gasteiger partial charge in [0.2, 0.25) is 0 Å². The van der Waals surface area contributed by atoms with Crippen LogP contribution in [0.4, 0.5) is 4.79 Å². The molecule has 1 N–H and O–H groups in total. The lowest BCUT2D eigenvalue weighted by atomic mass is 9.94. The Bertz CT molecular complexity index is 749. The van der Waals surface area contributed by atoms with Crippen LogP contribution in [0.25, 0.3) is 10.8 Å². The lowest BCUT2D eigenvalue weighted by Crippen LogP contribution is -2.50. The minimum Gasteiger partial charge on any atom is -0.444 e. The first-order chi connectivity index (χ1) is 11.4. The summed E-state index contributed by atoms with van der Waals surface area (Å²) in [5, 5.41) is 5.86. The second kappa shape index (κ2) is 6.44. The standard InChI is InChI=1S/C20H26N2O2/c1-14-9-10-17(16-8-6-5-7-15(14)16)18-13-21-11-12-22(18)19(23)24-20(2,3)4/h5-10,18,21H,11-13H2,1-4H3. The Balaban J connectivity index is 2.00.